The Morgan fingerprint density at radius 2 is 1.54 bits per heavy atom. The number of nitrogens with two attached hydrogens (primary N) is 1. The van der Waals surface area contributed by atoms with Crippen LogP contribution in [0.15, 0.2) is 36.4 Å². The van der Waals surface area contributed by atoms with Crippen LogP contribution in [0.25, 0.3) is 11.1 Å². The minimum absolute atomic E-state index is 0.511. The van der Waals surface area contributed by atoms with E-state index >= 15 is 0 Å². The van der Waals surface area contributed by atoms with Gasteiger partial charge in [0.2, 0.25) is 5.75 Å². The summed E-state index contributed by atoms with van der Waals surface area (Å²) >= 11 is 0. The molecule has 4 heteroatoms. The molecule has 0 spiro atoms. The van der Waals surface area contributed by atoms with E-state index in [1.165, 1.54) is 5.56 Å². The minimum atomic E-state index is 0.511. The number of benzene rings is 2. The first kappa shape index (κ1) is 18.1. The molecular weight excluding hydrogens is 302 g/mol. The molecule has 0 saturated heterocycles. The summed E-state index contributed by atoms with van der Waals surface area (Å²) in [5.74, 6) is 2.45. The number of rotatable bonds is 8. The Balaban J connectivity index is 2.41. The van der Waals surface area contributed by atoms with E-state index in [1.807, 2.05) is 12.1 Å². The molecule has 24 heavy (non-hydrogen) atoms. The van der Waals surface area contributed by atoms with Crippen LogP contribution in [-0.4, -0.2) is 27.9 Å². The summed E-state index contributed by atoms with van der Waals surface area (Å²) < 4.78 is 16.4. The van der Waals surface area contributed by atoms with Crippen molar-refractivity contribution in [1.82, 2.24) is 0 Å². The quantitative estimate of drug-likeness (QED) is 0.788. The smallest absolute Gasteiger partial charge is 0.203 e. The highest BCUT2D eigenvalue weighted by molar-refractivity contribution is 5.76. The standard InChI is InChI=1S/C20H27NO3/c1-5-14(12-13-21)15-6-8-16(9-7-15)17-10-11-18(22-2)20(24-4)19(17)23-3/h6-11,14H,5,12-13,21H2,1-4H3. The first-order valence-corrected chi connectivity index (χ1v) is 8.29. The van der Waals surface area contributed by atoms with Crippen LogP contribution in [0.3, 0.4) is 0 Å². The van der Waals surface area contributed by atoms with Crippen molar-refractivity contribution < 1.29 is 14.2 Å². The first-order valence-electron chi connectivity index (χ1n) is 8.29. The maximum absolute atomic E-state index is 5.72. The van der Waals surface area contributed by atoms with Gasteiger partial charge in [0, 0.05) is 5.56 Å². The van der Waals surface area contributed by atoms with Gasteiger partial charge in [-0.25, -0.2) is 0 Å². The van der Waals surface area contributed by atoms with Crippen molar-refractivity contribution in [2.45, 2.75) is 25.7 Å². The zero-order valence-corrected chi connectivity index (χ0v) is 15.0. The van der Waals surface area contributed by atoms with Gasteiger partial charge < -0.3 is 19.9 Å². The Bertz CT molecular complexity index is 653. The monoisotopic (exact) mass is 329 g/mol. The molecule has 0 amide bonds. The van der Waals surface area contributed by atoms with Crippen molar-refractivity contribution in [2.75, 3.05) is 27.9 Å². The lowest BCUT2D eigenvalue weighted by Crippen LogP contribution is -2.06. The van der Waals surface area contributed by atoms with Gasteiger partial charge in [-0.3, -0.25) is 0 Å². The molecule has 1 unspecified atom stereocenters. The van der Waals surface area contributed by atoms with Crippen LogP contribution in [0.4, 0.5) is 0 Å². The lowest BCUT2D eigenvalue weighted by atomic mass is 9.91. The molecule has 130 valence electrons. The second kappa shape index (κ2) is 8.60. The van der Waals surface area contributed by atoms with Crippen LogP contribution in [0.2, 0.25) is 0 Å². The third-order valence-electron chi connectivity index (χ3n) is 4.41. The number of ether oxygens (including phenoxy) is 3. The molecule has 0 saturated carbocycles. The van der Waals surface area contributed by atoms with E-state index in [4.69, 9.17) is 19.9 Å². The first-order chi connectivity index (χ1) is 11.7. The molecule has 0 aliphatic heterocycles. The van der Waals surface area contributed by atoms with Crippen LogP contribution < -0.4 is 19.9 Å². The summed E-state index contributed by atoms with van der Waals surface area (Å²) in [4.78, 5) is 0. The summed E-state index contributed by atoms with van der Waals surface area (Å²) in [6.45, 7) is 2.91. The summed E-state index contributed by atoms with van der Waals surface area (Å²) in [5, 5.41) is 0. The Kier molecular flexibility index (Phi) is 6.50. The van der Waals surface area contributed by atoms with Crippen LogP contribution in [0, 0.1) is 0 Å². The SMILES string of the molecule is CCC(CCN)c1ccc(-c2ccc(OC)c(OC)c2OC)cc1. The molecule has 0 aliphatic carbocycles. The van der Waals surface area contributed by atoms with Crippen molar-refractivity contribution in [3.05, 3.63) is 42.0 Å². The van der Waals surface area contributed by atoms with Crippen molar-refractivity contribution in [1.29, 1.82) is 0 Å². The molecule has 4 nitrogen and oxygen atoms in total. The molecule has 2 rings (SSSR count). The van der Waals surface area contributed by atoms with Gasteiger partial charge in [0.15, 0.2) is 11.5 Å². The number of hydrogen-bond acceptors (Lipinski definition) is 4. The molecule has 0 aromatic heterocycles. The van der Waals surface area contributed by atoms with Gasteiger partial charge in [-0.2, -0.15) is 0 Å². The highest BCUT2D eigenvalue weighted by Crippen LogP contribution is 2.44. The second-order valence-electron chi connectivity index (χ2n) is 5.69. The van der Waals surface area contributed by atoms with Gasteiger partial charge in [-0.1, -0.05) is 31.2 Å². The highest BCUT2D eigenvalue weighted by atomic mass is 16.5. The number of methoxy groups -OCH3 is 3. The topological polar surface area (TPSA) is 53.7 Å². The summed E-state index contributed by atoms with van der Waals surface area (Å²) in [6, 6.07) is 12.5. The molecule has 2 aromatic carbocycles. The maximum Gasteiger partial charge on any atom is 0.203 e. The fraction of sp³-hybridized carbons (Fsp3) is 0.400. The lowest BCUT2D eigenvalue weighted by molar-refractivity contribution is 0.325. The summed E-state index contributed by atoms with van der Waals surface area (Å²) in [6.07, 6.45) is 2.10. The molecule has 0 aliphatic rings. The summed E-state index contributed by atoms with van der Waals surface area (Å²) in [7, 11) is 4.88. The van der Waals surface area contributed by atoms with E-state index in [2.05, 4.69) is 31.2 Å². The largest absolute Gasteiger partial charge is 0.493 e. The Morgan fingerprint density at radius 3 is 2.04 bits per heavy atom. The average molecular weight is 329 g/mol. The fourth-order valence-electron chi connectivity index (χ4n) is 3.07. The van der Waals surface area contributed by atoms with E-state index < -0.39 is 0 Å². The second-order valence-corrected chi connectivity index (χ2v) is 5.69. The predicted molar refractivity (Wildman–Crippen MR) is 98.2 cm³/mol. The van der Waals surface area contributed by atoms with Gasteiger partial charge in [0.25, 0.3) is 0 Å². The van der Waals surface area contributed by atoms with Crippen molar-refractivity contribution in [3.63, 3.8) is 0 Å². The van der Waals surface area contributed by atoms with Gasteiger partial charge >= 0.3 is 0 Å². The third-order valence-corrected chi connectivity index (χ3v) is 4.41. The molecule has 1 atom stereocenters. The molecule has 2 aromatic rings. The lowest BCUT2D eigenvalue weighted by Gasteiger charge is -2.17. The zero-order valence-electron chi connectivity index (χ0n) is 15.0. The van der Waals surface area contributed by atoms with Crippen molar-refractivity contribution in [3.8, 4) is 28.4 Å². The maximum atomic E-state index is 5.72. The molecule has 2 N–H and O–H groups in total. The molecule has 0 bridgehead atoms. The Labute approximate surface area is 144 Å². The van der Waals surface area contributed by atoms with Gasteiger partial charge in [0.05, 0.1) is 21.3 Å². The molecule has 0 heterocycles. The van der Waals surface area contributed by atoms with E-state index in [9.17, 15) is 0 Å². The predicted octanol–water partition coefficient (Wildman–Crippen LogP) is 4.22. The van der Waals surface area contributed by atoms with Crippen LogP contribution >= 0.6 is 0 Å². The minimum Gasteiger partial charge on any atom is -0.493 e. The molecule has 0 radical (unpaired) electrons. The van der Waals surface area contributed by atoms with Gasteiger partial charge in [-0.15, -0.1) is 0 Å². The van der Waals surface area contributed by atoms with Gasteiger partial charge in [-0.05, 0) is 48.6 Å². The average Bonchev–Trinajstić information content (AvgIpc) is 2.64. The van der Waals surface area contributed by atoms with Crippen molar-refractivity contribution >= 4 is 0 Å². The zero-order chi connectivity index (χ0) is 17.5. The molecule has 0 fully saturated rings. The van der Waals surface area contributed by atoms with E-state index in [1.54, 1.807) is 21.3 Å². The summed E-state index contributed by atoms with van der Waals surface area (Å²) in [5.41, 5.74) is 9.11. The normalized spacial score (nSPS) is 11.9. The van der Waals surface area contributed by atoms with E-state index in [0.717, 1.165) is 24.0 Å². The third kappa shape index (κ3) is 3.65. The van der Waals surface area contributed by atoms with Gasteiger partial charge in [0.1, 0.15) is 0 Å². The van der Waals surface area contributed by atoms with E-state index in [-0.39, 0.29) is 0 Å². The van der Waals surface area contributed by atoms with Crippen LogP contribution in [-0.2, 0) is 0 Å². The fourth-order valence-corrected chi connectivity index (χ4v) is 3.07. The molecular formula is C20H27NO3. The van der Waals surface area contributed by atoms with E-state index in [0.29, 0.717) is 29.7 Å². The van der Waals surface area contributed by atoms with Crippen molar-refractivity contribution in [2.24, 2.45) is 5.73 Å². The Morgan fingerprint density at radius 1 is 0.875 bits per heavy atom. The van der Waals surface area contributed by atoms with Crippen LogP contribution in [0.1, 0.15) is 31.2 Å². The highest BCUT2D eigenvalue weighted by Gasteiger charge is 2.17. The van der Waals surface area contributed by atoms with Crippen LogP contribution in [0.5, 0.6) is 17.2 Å². The number of hydrogen-bond donors (Lipinski definition) is 1. The Hall–Kier alpha value is -2.20.